The van der Waals surface area contributed by atoms with Gasteiger partial charge in [0, 0.05) is 30.8 Å². The van der Waals surface area contributed by atoms with Crippen molar-refractivity contribution in [3.05, 3.63) is 41.1 Å². The second kappa shape index (κ2) is 9.79. The summed E-state index contributed by atoms with van der Waals surface area (Å²) in [5.74, 6) is -0.144. The van der Waals surface area contributed by atoms with Gasteiger partial charge in [-0.05, 0) is 39.7 Å². The van der Waals surface area contributed by atoms with Crippen LogP contribution in [0.2, 0.25) is 0 Å². The number of rotatable bonds is 7. The second-order valence-electron chi connectivity index (χ2n) is 7.04. The first-order valence-electron chi connectivity index (χ1n) is 9.55. The highest BCUT2D eigenvalue weighted by atomic mass is 16.5. The molecule has 1 fully saturated rings. The van der Waals surface area contributed by atoms with E-state index in [4.69, 9.17) is 10.5 Å². The number of hydrogen-bond donors (Lipinski definition) is 2. The molecule has 7 heteroatoms. The van der Waals surface area contributed by atoms with Crippen molar-refractivity contribution in [2.75, 3.05) is 19.7 Å². The summed E-state index contributed by atoms with van der Waals surface area (Å²) < 4.78 is 5.66. The summed E-state index contributed by atoms with van der Waals surface area (Å²) in [5.41, 5.74) is 7.31. The van der Waals surface area contributed by atoms with Crippen LogP contribution in [0.4, 0.5) is 0 Å². The Labute approximate surface area is 166 Å². The zero-order valence-corrected chi connectivity index (χ0v) is 16.7. The van der Waals surface area contributed by atoms with E-state index >= 15 is 0 Å². The molecule has 7 nitrogen and oxygen atoms in total. The van der Waals surface area contributed by atoms with Crippen LogP contribution in [0.3, 0.4) is 0 Å². The molecule has 150 valence electrons. The molecule has 1 aliphatic heterocycles. The minimum absolute atomic E-state index is 0.0370. The molecule has 0 bridgehead atoms. The second-order valence-corrected chi connectivity index (χ2v) is 7.04. The van der Waals surface area contributed by atoms with Crippen LogP contribution >= 0.6 is 0 Å². The van der Waals surface area contributed by atoms with Gasteiger partial charge in [0.1, 0.15) is 17.4 Å². The molecule has 3 N–H and O–H groups in total. The van der Waals surface area contributed by atoms with Crippen LogP contribution < -0.4 is 15.8 Å². The fourth-order valence-corrected chi connectivity index (χ4v) is 3.28. The molecule has 1 saturated heterocycles. The van der Waals surface area contributed by atoms with Crippen LogP contribution in [0.1, 0.15) is 43.9 Å². The van der Waals surface area contributed by atoms with Gasteiger partial charge in [-0.15, -0.1) is 0 Å². The van der Waals surface area contributed by atoms with Crippen LogP contribution in [0.15, 0.2) is 30.0 Å². The Morgan fingerprint density at radius 1 is 1.43 bits per heavy atom. The summed E-state index contributed by atoms with van der Waals surface area (Å²) in [4.78, 5) is 25.8. The normalized spacial score (nSPS) is 16.2. The zero-order chi connectivity index (χ0) is 20.7. The van der Waals surface area contributed by atoms with Gasteiger partial charge in [-0.2, -0.15) is 5.26 Å². The Morgan fingerprint density at radius 3 is 2.68 bits per heavy atom. The topological polar surface area (TPSA) is 108 Å². The SMILES string of the molecule is CCOc1ccc(C)cc1C(C)NC(=O)/C(C#N)=C\N1CCC(C(N)=O)CC1. The van der Waals surface area contributed by atoms with Gasteiger partial charge >= 0.3 is 0 Å². The van der Waals surface area contributed by atoms with Crippen molar-refractivity contribution in [2.45, 2.75) is 39.7 Å². The number of carbonyl (C=O) groups is 2. The molecule has 2 rings (SSSR count). The van der Waals surface area contributed by atoms with E-state index in [2.05, 4.69) is 5.32 Å². The zero-order valence-electron chi connectivity index (χ0n) is 16.7. The molecule has 1 heterocycles. The largest absolute Gasteiger partial charge is 0.494 e. The third-order valence-corrected chi connectivity index (χ3v) is 4.89. The summed E-state index contributed by atoms with van der Waals surface area (Å²) in [5, 5.41) is 12.3. The fourth-order valence-electron chi connectivity index (χ4n) is 3.28. The summed E-state index contributed by atoms with van der Waals surface area (Å²) in [6.07, 6.45) is 2.83. The maximum absolute atomic E-state index is 12.6. The molecular weight excluding hydrogens is 356 g/mol. The molecule has 0 aromatic heterocycles. The van der Waals surface area contributed by atoms with Crippen molar-refractivity contribution < 1.29 is 14.3 Å². The van der Waals surface area contributed by atoms with Gasteiger partial charge in [-0.1, -0.05) is 17.7 Å². The molecule has 0 radical (unpaired) electrons. The van der Waals surface area contributed by atoms with Crippen molar-refractivity contribution in [1.82, 2.24) is 10.2 Å². The van der Waals surface area contributed by atoms with E-state index in [9.17, 15) is 14.9 Å². The number of piperidine rings is 1. The molecule has 1 aliphatic rings. The van der Waals surface area contributed by atoms with Gasteiger partial charge in [0.2, 0.25) is 5.91 Å². The average Bonchev–Trinajstić information content (AvgIpc) is 2.67. The smallest absolute Gasteiger partial charge is 0.263 e. The van der Waals surface area contributed by atoms with Crippen molar-refractivity contribution in [3.63, 3.8) is 0 Å². The van der Waals surface area contributed by atoms with Gasteiger partial charge in [-0.25, -0.2) is 0 Å². The van der Waals surface area contributed by atoms with Crippen LogP contribution in [-0.4, -0.2) is 36.4 Å². The van der Waals surface area contributed by atoms with E-state index in [0.29, 0.717) is 32.5 Å². The Kier molecular flexibility index (Phi) is 7.44. The van der Waals surface area contributed by atoms with Crippen molar-refractivity contribution in [2.24, 2.45) is 11.7 Å². The molecule has 1 unspecified atom stereocenters. The maximum atomic E-state index is 12.6. The van der Waals surface area contributed by atoms with Gasteiger partial charge < -0.3 is 20.7 Å². The lowest BCUT2D eigenvalue weighted by Gasteiger charge is -2.29. The molecule has 28 heavy (non-hydrogen) atoms. The summed E-state index contributed by atoms with van der Waals surface area (Å²) in [7, 11) is 0. The lowest BCUT2D eigenvalue weighted by Crippen LogP contribution is -2.37. The van der Waals surface area contributed by atoms with E-state index in [0.717, 1.165) is 16.9 Å². The molecule has 1 aromatic carbocycles. The minimum Gasteiger partial charge on any atom is -0.494 e. The number of primary amides is 1. The van der Waals surface area contributed by atoms with Crippen LogP contribution in [0, 0.1) is 24.2 Å². The number of likely N-dealkylation sites (tertiary alicyclic amines) is 1. The molecule has 1 atom stereocenters. The van der Waals surface area contributed by atoms with Gasteiger partial charge in [-0.3, -0.25) is 9.59 Å². The monoisotopic (exact) mass is 384 g/mol. The van der Waals surface area contributed by atoms with E-state index in [1.165, 1.54) is 0 Å². The first kappa shape index (κ1) is 21.3. The third-order valence-electron chi connectivity index (χ3n) is 4.89. The van der Waals surface area contributed by atoms with E-state index in [-0.39, 0.29) is 23.4 Å². The Balaban J connectivity index is 2.07. The summed E-state index contributed by atoms with van der Waals surface area (Å²) in [6.45, 7) is 7.46. The van der Waals surface area contributed by atoms with E-state index < -0.39 is 5.91 Å². The van der Waals surface area contributed by atoms with Gasteiger partial charge in [0.25, 0.3) is 5.91 Å². The standard InChI is InChI=1S/C21H28N4O3/c1-4-28-19-6-5-14(2)11-18(19)15(3)24-21(27)17(12-22)13-25-9-7-16(8-10-25)20(23)26/h5-6,11,13,15-16H,4,7-10H2,1-3H3,(H2,23,26)(H,24,27)/b17-13-. The van der Waals surface area contributed by atoms with Crippen LogP contribution in [-0.2, 0) is 9.59 Å². The van der Waals surface area contributed by atoms with E-state index in [1.54, 1.807) is 6.20 Å². The molecule has 1 aromatic rings. The number of ether oxygens (including phenoxy) is 1. The van der Waals surface area contributed by atoms with Gasteiger partial charge in [0.15, 0.2) is 0 Å². The first-order chi connectivity index (χ1) is 13.3. The minimum atomic E-state index is -0.434. The highest BCUT2D eigenvalue weighted by molar-refractivity contribution is 5.97. The molecule has 0 aliphatic carbocycles. The summed E-state index contributed by atoms with van der Waals surface area (Å²) in [6, 6.07) is 7.48. The quantitative estimate of drug-likeness (QED) is 0.553. The van der Waals surface area contributed by atoms with Crippen LogP contribution in [0.25, 0.3) is 0 Å². The predicted octanol–water partition coefficient (Wildman–Crippen LogP) is 2.18. The number of hydrogen-bond acceptors (Lipinski definition) is 5. The number of nitrogens with one attached hydrogen (secondary N) is 1. The van der Waals surface area contributed by atoms with Crippen molar-refractivity contribution >= 4 is 11.8 Å². The fraction of sp³-hybridized carbons (Fsp3) is 0.476. The predicted molar refractivity (Wildman–Crippen MR) is 106 cm³/mol. The highest BCUT2D eigenvalue weighted by Gasteiger charge is 2.23. The molecule has 2 amide bonds. The lowest BCUT2D eigenvalue weighted by atomic mass is 9.96. The lowest BCUT2D eigenvalue weighted by molar-refractivity contribution is -0.123. The number of nitriles is 1. The summed E-state index contributed by atoms with van der Waals surface area (Å²) >= 11 is 0. The van der Waals surface area contributed by atoms with Crippen molar-refractivity contribution in [3.8, 4) is 11.8 Å². The number of benzene rings is 1. The Bertz CT molecular complexity index is 789. The number of nitrogens with two attached hydrogens (primary N) is 1. The van der Waals surface area contributed by atoms with Gasteiger partial charge in [0.05, 0.1) is 12.6 Å². The molecular formula is C21H28N4O3. The number of carbonyl (C=O) groups excluding carboxylic acids is 2. The Morgan fingerprint density at radius 2 is 2.11 bits per heavy atom. The Hall–Kier alpha value is -3.01. The number of aryl methyl sites for hydroxylation is 1. The number of amides is 2. The van der Waals surface area contributed by atoms with Crippen LogP contribution in [0.5, 0.6) is 5.75 Å². The number of nitrogens with zero attached hydrogens (tertiary/aromatic N) is 2. The first-order valence-corrected chi connectivity index (χ1v) is 9.55. The third kappa shape index (κ3) is 5.49. The molecule has 0 saturated carbocycles. The molecule has 0 spiro atoms. The average molecular weight is 384 g/mol. The van der Waals surface area contributed by atoms with E-state index in [1.807, 2.05) is 49.9 Å². The van der Waals surface area contributed by atoms with Crippen molar-refractivity contribution in [1.29, 1.82) is 5.26 Å². The maximum Gasteiger partial charge on any atom is 0.263 e. The highest BCUT2D eigenvalue weighted by Crippen LogP contribution is 2.27.